The van der Waals surface area contributed by atoms with Gasteiger partial charge in [0, 0.05) is 12.6 Å². The number of benzene rings is 1. The number of carbonyl (C=O) groups excluding carboxylic acids is 3. The first-order valence-electron chi connectivity index (χ1n) is 14.1. The molecule has 8 nitrogen and oxygen atoms in total. The number of aliphatic hydroxyl groups is 1. The summed E-state index contributed by atoms with van der Waals surface area (Å²) in [5.74, 6) is -2.60. The predicted molar refractivity (Wildman–Crippen MR) is 148 cm³/mol. The van der Waals surface area contributed by atoms with Crippen LogP contribution in [0.1, 0.15) is 51.5 Å². The third-order valence-electron chi connectivity index (χ3n) is 8.44. The summed E-state index contributed by atoms with van der Waals surface area (Å²) < 4.78 is 12.2. The highest BCUT2D eigenvalue weighted by atomic mass is 16.6. The maximum atomic E-state index is 14.3. The molecule has 3 aliphatic heterocycles. The van der Waals surface area contributed by atoms with Gasteiger partial charge in [0.15, 0.2) is 0 Å². The van der Waals surface area contributed by atoms with Crippen LogP contribution < -0.4 is 0 Å². The van der Waals surface area contributed by atoms with E-state index in [4.69, 9.17) is 9.47 Å². The number of allylic oxidation sites excluding steroid dienone is 1. The molecule has 0 aliphatic carbocycles. The molecule has 39 heavy (non-hydrogen) atoms. The van der Waals surface area contributed by atoms with Gasteiger partial charge in [-0.05, 0) is 57.9 Å². The van der Waals surface area contributed by atoms with Crippen LogP contribution in [0.25, 0.3) is 0 Å². The summed E-state index contributed by atoms with van der Waals surface area (Å²) in [6.45, 7) is 11.6. The number of ether oxygens (including phenoxy) is 2. The van der Waals surface area contributed by atoms with Crippen LogP contribution in [0.5, 0.6) is 0 Å². The van der Waals surface area contributed by atoms with Gasteiger partial charge in [0.1, 0.15) is 11.6 Å². The maximum Gasteiger partial charge on any atom is 0.312 e. The quantitative estimate of drug-likeness (QED) is 0.222. The molecular weight excluding hydrogens is 496 g/mol. The van der Waals surface area contributed by atoms with E-state index >= 15 is 0 Å². The second-order valence-corrected chi connectivity index (χ2v) is 11.2. The molecule has 2 bridgehead atoms. The van der Waals surface area contributed by atoms with Gasteiger partial charge in [-0.1, -0.05) is 42.5 Å². The number of nitrogens with zero attached hydrogens (tertiary/aromatic N) is 2. The van der Waals surface area contributed by atoms with Gasteiger partial charge in [-0.25, -0.2) is 0 Å². The first-order valence-corrected chi connectivity index (χ1v) is 14.1. The van der Waals surface area contributed by atoms with Gasteiger partial charge in [-0.15, -0.1) is 13.2 Å². The van der Waals surface area contributed by atoms with Crippen LogP contribution in [0.15, 0.2) is 55.6 Å². The van der Waals surface area contributed by atoms with Gasteiger partial charge in [-0.3, -0.25) is 14.4 Å². The summed E-state index contributed by atoms with van der Waals surface area (Å²) in [4.78, 5) is 45.1. The van der Waals surface area contributed by atoms with Crippen LogP contribution in [-0.4, -0.2) is 82.3 Å². The monoisotopic (exact) mass is 538 g/mol. The predicted octanol–water partition coefficient (Wildman–Crippen LogP) is 3.29. The molecule has 3 saturated heterocycles. The Hall–Kier alpha value is -2.97. The average molecular weight is 539 g/mol. The number of fused-ring (bicyclic) bond motifs is 1. The first-order chi connectivity index (χ1) is 18.8. The van der Waals surface area contributed by atoms with Crippen molar-refractivity contribution in [3.8, 4) is 0 Å². The van der Waals surface area contributed by atoms with Gasteiger partial charge < -0.3 is 24.4 Å². The Morgan fingerprint density at radius 3 is 2.62 bits per heavy atom. The number of hydrogen-bond acceptors (Lipinski definition) is 6. The first kappa shape index (κ1) is 29.0. The molecule has 1 aromatic rings. The van der Waals surface area contributed by atoms with Crippen LogP contribution in [0.2, 0.25) is 0 Å². The van der Waals surface area contributed by atoms with Crippen molar-refractivity contribution in [2.24, 2.45) is 11.8 Å². The zero-order chi connectivity index (χ0) is 28.2. The van der Waals surface area contributed by atoms with Crippen molar-refractivity contribution in [3.63, 3.8) is 0 Å². The van der Waals surface area contributed by atoms with Gasteiger partial charge in [0.05, 0.1) is 37.2 Å². The van der Waals surface area contributed by atoms with Crippen molar-refractivity contribution in [1.29, 1.82) is 0 Å². The zero-order valence-corrected chi connectivity index (χ0v) is 23.2. The molecular formula is C31H42N2O6. The minimum atomic E-state index is -1.14. The van der Waals surface area contributed by atoms with Crippen molar-refractivity contribution >= 4 is 17.8 Å². The second-order valence-electron chi connectivity index (χ2n) is 11.2. The molecule has 1 aromatic carbocycles. The lowest BCUT2D eigenvalue weighted by atomic mass is 9.70. The Kier molecular flexibility index (Phi) is 9.28. The summed E-state index contributed by atoms with van der Waals surface area (Å²) in [6, 6.07) is 7.85. The number of esters is 1. The van der Waals surface area contributed by atoms with E-state index in [0.717, 1.165) is 18.4 Å². The number of aliphatic hydroxyl groups excluding tert-OH is 1. The number of hydrogen-bond donors (Lipinski definition) is 1. The fraction of sp³-hybridized carbons (Fsp3) is 0.581. The highest BCUT2D eigenvalue weighted by Gasteiger charge is 2.75. The third-order valence-corrected chi connectivity index (χ3v) is 8.44. The van der Waals surface area contributed by atoms with Gasteiger partial charge in [0.2, 0.25) is 11.8 Å². The third kappa shape index (κ3) is 5.41. The van der Waals surface area contributed by atoms with E-state index in [0.29, 0.717) is 32.2 Å². The molecule has 0 radical (unpaired) electrons. The van der Waals surface area contributed by atoms with Crippen molar-refractivity contribution in [1.82, 2.24) is 9.80 Å². The summed E-state index contributed by atoms with van der Waals surface area (Å²) in [5.41, 5.74) is -0.193. The van der Waals surface area contributed by atoms with Crippen molar-refractivity contribution in [2.45, 2.75) is 82.2 Å². The molecule has 1 N–H and O–H groups in total. The minimum Gasteiger partial charge on any atom is -0.465 e. The van der Waals surface area contributed by atoms with Crippen LogP contribution >= 0.6 is 0 Å². The number of unbranched alkanes of at least 4 members (excludes halogenated alkanes) is 2. The SMILES string of the molecule is C=CCCCCOC(=O)[C@@H]1[C@H]2C(=O)N([C@@H](CO)Cc3ccccc3)C(C(=O)N(CC=C)C(C)C)C23CC[C@H]1O3. The Bertz CT molecular complexity index is 1060. The van der Waals surface area contributed by atoms with E-state index in [1.165, 1.54) is 4.90 Å². The molecule has 3 fully saturated rings. The van der Waals surface area contributed by atoms with Crippen LogP contribution in [0, 0.1) is 11.8 Å². The average Bonchev–Trinajstić information content (AvgIpc) is 3.57. The minimum absolute atomic E-state index is 0.139. The Morgan fingerprint density at radius 2 is 1.97 bits per heavy atom. The Balaban J connectivity index is 1.69. The fourth-order valence-corrected chi connectivity index (χ4v) is 6.68. The van der Waals surface area contributed by atoms with Crippen molar-refractivity contribution < 1.29 is 29.0 Å². The standard InChI is InChI=1S/C31H42N2O6/c1-5-7-8-12-18-38-30(37)25-24-15-16-31(39-24)26(25)28(35)33(23(20-34)19-22-13-10-9-11-14-22)27(31)29(36)32(17-6-2)21(3)4/h5-6,9-11,13-14,21,23-27,34H,1-2,7-8,12,15-20H2,3-4H3/t23-,24-,25+,26+,27?,31?/m1/s1. The highest BCUT2D eigenvalue weighted by Crippen LogP contribution is 2.59. The van der Waals surface area contributed by atoms with Gasteiger partial charge in [0.25, 0.3) is 0 Å². The lowest BCUT2D eigenvalue weighted by Crippen LogP contribution is -2.60. The lowest BCUT2D eigenvalue weighted by Gasteiger charge is -2.40. The Labute approximate surface area is 231 Å². The molecule has 2 amide bonds. The van der Waals surface area contributed by atoms with Gasteiger partial charge in [-0.2, -0.15) is 0 Å². The van der Waals surface area contributed by atoms with E-state index in [2.05, 4.69) is 13.2 Å². The normalized spacial score (nSPS) is 27.9. The van der Waals surface area contributed by atoms with Crippen LogP contribution in [0.3, 0.4) is 0 Å². The number of carbonyl (C=O) groups is 3. The maximum absolute atomic E-state index is 14.3. The molecule has 0 saturated carbocycles. The largest absolute Gasteiger partial charge is 0.465 e. The molecule has 3 heterocycles. The van der Waals surface area contributed by atoms with Gasteiger partial charge >= 0.3 is 5.97 Å². The smallest absolute Gasteiger partial charge is 0.312 e. The van der Waals surface area contributed by atoms with Crippen molar-refractivity contribution in [3.05, 3.63) is 61.2 Å². The molecule has 6 atom stereocenters. The fourth-order valence-electron chi connectivity index (χ4n) is 6.68. The molecule has 8 heteroatoms. The zero-order valence-electron chi connectivity index (χ0n) is 23.2. The van der Waals surface area contributed by atoms with E-state index in [1.807, 2.05) is 50.3 Å². The summed E-state index contributed by atoms with van der Waals surface area (Å²) in [5, 5.41) is 10.5. The van der Waals surface area contributed by atoms with E-state index < -0.39 is 41.6 Å². The molecule has 4 rings (SSSR count). The number of amides is 2. The topological polar surface area (TPSA) is 96.4 Å². The van der Waals surface area contributed by atoms with Crippen molar-refractivity contribution in [2.75, 3.05) is 19.8 Å². The molecule has 212 valence electrons. The van der Waals surface area contributed by atoms with E-state index in [1.54, 1.807) is 11.0 Å². The second kappa shape index (κ2) is 12.5. The van der Waals surface area contributed by atoms with Crippen LogP contribution in [-0.2, 0) is 30.3 Å². The molecule has 0 aromatic heterocycles. The Morgan fingerprint density at radius 1 is 1.23 bits per heavy atom. The summed E-state index contributed by atoms with van der Waals surface area (Å²) in [6.07, 6.45) is 6.89. The summed E-state index contributed by atoms with van der Waals surface area (Å²) in [7, 11) is 0. The molecule has 3 aliphatic rings. The highest BCUT2D eigenvalue weighted by molar-refractivity contribution is 5.98. The number of likely N-dealkylation sites (tertiary alicyclic amines) is 1. The molecule has 1 spiro atoms. The molecule has 2 unspecified atom stereocenters. The van der Waals surface area contributed by atoms with E-state index in [9.17, 15) is 19.5 Å². The summed E-state index contributed by atoms with van der Waals surface area (Å²) >= 11 is 0. The lowest BCUT2D eigenvalue weighted by molar-refractivity contribution is -0.157. The van der Waals surface area contributed by atoms with Crippen LogP contribution in [0.4, 0.5) is 0 Å². The van der Waals surface area contributed by atoms with E-state index in [-0.39, 0.29) is 31.1 Å². The number of rotatable bonds is 14.